The van der Waals surface area contributed by atoms with Crippen LogP contribution in [0, 0.1) is 0 Å². The number of carbonyl (C=O) groups is 1. The summed E-state index contributed by atoms with van der Waals surface area (Å²) >= 11 is 1.47. The number of methoxy groups -OCH3 is 1. The third kappa shape index (κ3) is 2.75. The monoisotopic (exact) mass is 262 g/mol. The predicted octanol–water partition coefficient (Wildman–Crippen LogP) is 1.88. The molecule has 0 atom stereocenters. The maximum absolute atomic E-state index is 12.1. The molecule has 0 spiro atoms. The number of hydrogen-bond donors (Lipinski definition) is 1. The van der Waals surface area contributed by atoms with E-state index in [9.17, 15) is 4.79 Å². The van der Waals surface area contributed by atoms with Gasteiger partial charge in [0, 0.05) is 17.4 Å². The quantitative estimate of drug-likeness (QED) is 0.836. The van der Waals surface area contributed by atoms with Gasteiger partial charge >= 0.3 is 0 Å². The summed E-state index contributed by atoms with van der Waals surface area (Å²) in [6.45, 7) is 0.545. The molecule has 94 valence electrons. The van der Waals surface area contributed by atoms with Gasteiger partial charge in [0.1, 0.15) is 11.4 Å². The highest BCUT2D eigenvalue weighted by Crippen LogP contribution is 2.17. The molecule has 18 heavy (non-hydrogen) atoms. The zero-order valence-electron chi connectivity index (χ0n) is 10.1. The summed E-state index contributed by atoms with van der Waals surface area (Å²) in [5.74, 6) is 0.658. The van der Waals surface area contributed by atoms with Gasteiger partial charge in [-0.3, -0.25) is 4.79 Å². The van der Waals surface area contributed by atoms with E-state index < -0.39 is 0 Å². The van der Waals surface area contributed by atoms with E-state index in [4.69, 9.17) is 10.5 Å². The van der Waals surface area contributed by atoms with Crippen LogP contribution in [-0.4, -0.2) is 24.4 Å². The zero-order valence-corrected chi connectivity index (χ0v) is 10.9. The first-order chi connectivity index (χ1) is 8.74. The van der Waals surface area contributed by atoms with Crippen molar-refractivity contribution in [3.63, 3.8) is 0 Å². The van der Waals surface area contributed by atoms with Crippen molar-refractivity contribution in [3.05, 3.63) is 45.9 Å². The second kappa shape index (κ2) is 5.75. The molecule has 0 aliphatic heterocycles. The zero-order chi connectivity index (χ0) is 13.0. The summed E-state index contributed by atoms with van der Waals surface area (Å²) in [4.78, 5) is 16.4. The van der Waals surface area contributed by atoms with Crippen molar-refractivity contribution in [3.8, 4) is 5.75 Å². The number of ketones is 1. The van der Waals surface area contributed by atoms with E-state index in [0.717, 1.165) is 10.8 Å². The van der Waals surface area contributed by atoms with E-state index in [1.54, 1.807) is 36.8 Å². The number of ether oxygens (including phenoxy) is 1. The van der Waals surface area contributed by atoms with Crippen molar-refractivity contribution in [1.29, 1.82) is 0 Å². The van der Waals surface area contributed by atoms with E-state index in [2.05, 4.69) is 4.98 Å². The van der Waals surface area contributed by atoms with Crippen molar-refractivity contribution < 1.29 is 9.53 Å². The number of benzene rings is 1. The molecular formula is C13H14N2O2S. The van der Waals surface area contributed by atoms with Gasteiger partial charge in [-0.15, -0.1) is 11.3 Å². The smallest absolute Gasteiger partial charge is 0.212 e. The fourth-order valence-corrected chi connectivity index (χ4v) is 2.34. The average Bonchev–Trinajstić information content (AvgIpc) is 2.87. The Hall–Kier alpha value is -1.72. The maximum Gasteiger partial charge on any atom is 0.212 e. The molecule has 2 rings (SSSR count). The molecule has 4 nitrogen and oxygen atoms in total. The normalized spacial score (nSPS) is 10.3. The highest BCUT2D eigenvalue weighted by atomic mass is 32.1. The lowest BCUT2D eigenvalue weighted by molar-refractivity contribution is 0.103. The molecular weight excluding hydrogens is 248 g/mol. The summed E-state index contributed by atoms with van der Waals surface area (Å²) in [5.41, 5.74) is 6.55. The number of hydrogen-bond acceptors (Lipinski definition) is 5. The summed E-state index contributed by atoms with van der Waals surface area (Å²) in [5, 5.41) is 2.67. The average molecular weight is 262 g/mol. The number of carbonyl (C=O) groups excluding carboxylic acids is 1. The molecule has 1 aromatic heterocycles. The first-order valence-corrected chi connectivity index (χ1v) is 6.46. The van der Waals surface area contributed by atoms with Gasteiger partial charge in [0.05, 0.1) is 12.1 Å². The molecule has 0 radical (unpaired) electrons. The summed E-state index contributed by atoms with van der Waals surface area (Å²) in [6, 6.07) is 7.01. The minimum Gasteiger partial charge on any atom is -0.497 e. The van der Waals surface area contributed by atoms with Crippen molar-refractivity contribution in [1.82, 2.24) is 4.98 Å². The van der Waals surface area contributed by atoms with Crippen molar-refractivity contribution >= 4 is 17.1 Å². The highest BCUT2D eigenvalue weighted by Gasteiger charge is 2.12. The molecule has 0 fully saturated rings. The Morgan fingerprint density at radius 2 is 2.11 bits per heavy atom. The molecule has 0 saturated carbocycles. The lowest BCUT2D eigenvalue weighted by Gasteiger charge is -2.00. The number of nitrogens with two attached hydrogens (primary N) is 1. The first kappa shape index (κ1) is 12.7. The van der Waals surface area contributed by atoms with E-state index in [1.165, 1.54) is 11.3 Å². The van der Waals surface area contributed by atoms with Crippen LogP contribution >= 0.6 is 11.3 Å². The lowest BCUT2D eigenvalue weighted by atomic mass is 10.1. The van der Waals surface area contributed by atoms with E-state index in [-0.39, 0.29) is 5.78 Å². The number of thiazole rings is 1. The summed E-state index contributed by atoms with van der Waals surface area (Å²) in [7, 11) is 1.59. The Morgan fingerprint density at radius 1 is 1.39 bits per heavy atom. The molecule has 0 unspecified atom stereocenters. The third-order valence-electron chi connectivity index (χ3n) is 2.49. The minimum atomic E-state index is -0.0721. The standard InChI is InChI=1S/C13H14N2O2S/c1-17-10-4-2-9(3-5-10)13(16)11-8-18-12(15-11)6-7-14/h2-5,8H,6-7,14H2,1H3. The van der Waals surface area contributed by atoms with Crippen LogP contribution in [0.3, 0.4) is 0 Å². The maximum atomic E-state index is 12.1. The highest BCUT2D eigenvalue weighted by molar-refractivity contribution is 7.09. The fourth-order valence-electron chi connectivity index (χ4n) is 1.54. The van der Waals surface area contributed by atoms with Crippen LogP contribution in [-0.2, 0) is 6.42 Å². The van der Waals surface area contributed by atoms with Gasteiger partial charge in [-0.2, -0.15) is 0 Å². The van der Waals surface area contributed by atoms with Gasteiger partial charge in [0.25, 0.3) is 0 Å². The van der Waals surface area contributed by atoms with Crippen molar-refractivity contribution in [2.75, 3.05) is 13.7 Å². The van der Waals surface area contributed by atoms with E-state index >= 15 is 0 Å². The SMILES string of the molecule is COc1ccc(C(=O)c2csc(CCN)n2)cc1. The number of nitrogens with zero attached hydrogens (tertiary/aromatic N) is 1. The van der Waals surface area contributed by atoms with Crippen LogP contribution in [0.1, 0.15) is 21.1 Å². The molecule has 0 saturated heterocycles. The third-order valence-corrected chi connectivity index (χ3v) is 3.40. The molecule has 0 bridgehead atoms. The Balaban J connectivity index is 2.18. The van der Waals surface area contributed by atoms with Crippen LogP contribution in [0.15, 0.2) is 29.6 Å². The van der Waals surface area contributed by atoms with Gasteiger partial charge in [0.15, 0.2) is 0 Å². The Kier molecular flexibility index (Phi) is 4.07. The van der Waals surface area contributed by atoms with Crippen molar-refractivity contribution in [2.24, 2.45) is 5.73 Å². The van der Waals surface area contributed by atoms with Crippen LogP contribution in [0.5, 0.6) is 5.75 Å². The lowest BCUT2D eigenvalue weighted by Crippen LogP contribution is -2.04. The molecule has 2 N–H and O–H groups in total. The van der Waals surface area contributed by atoms with Gasteiger partial charge in [-0.25, -0.2) is 4.98 Å². The molecule has 0 amide bonds. The molecule has 2 aromatic rings. The molecule has 0 aliphatic carbocycles. The topological polar surface area (TPSA) is 65.2 Å². The van der Waals surface area contributed by atoms with Crippen LogP contribution in [0.2, 0.25) is 0 Å². The van der Waals surface area contributed by atoms with Gasteiger partial charge in [0.2, 0.25) is 5.78 Å². The second-order valence-electron chi connectivity index (χ2n) is 3.72. The number of aromatic nitrogens is 1. The summed E-state index contributed by atoms with van der Waals surface area (Å²) < 4.78 is 5.05. The predicted molar refractivity (Wildman–Crippen MR) is 71.3 cm³/mol. The largest absolute Gasteiger partial charge is 0.497 e. The summed E-state index contributed by atoms with van der Waals surface area (Å²) in [6.07, 6.45) is 0.709. The fraction of sp³-hybridized carbons (Fsp3) is 0.231. The first-order valence-electron chi connectivity index (χ1n) is 5.58. The van der Waals surface area contributed by atoms with Crippen molar-refractivity contribution in [2.45, 2.75) is 6.42 Å². The van der Waals surface area contributed by atoms with E-state index in [1.807, 2.05) is 0 Å². The van der Waals surface area contributed by atoms with Gasteiger partial charge in [-0.1, -0.05) is 0 Å². The Labute approximate surface area is 109 Å². The van der Waals surface area contributed by atoms with Gasteiger partial charge in [-0.05, 0) is 30.8 Å². The van der Waals surface area contributed by atoms with Crippen LogP contribution in [0.4, 0.5) is 0 Å². The molecule has 0 aliphatic rings. The molecule has 5 heteroatoms. The molecule has 1 heterocycles. The van der Waals surface area contributed by atoms with Crippen LogP contribution in [0.25, 0.3) is 0 Å². The van der Waals surface area contributed by atoms with Gasteiger partial charge < -0.3 is 10.5 Å². The second-order valence-corrected chi connectivity index (χ2v) is 4.67. The number of rotatable bonds is 5. The minimum absolute atomic E-state index is 0.0721. The Morgan fingerprint density at radius 3 is 2.72 bits per heavy atom. The molecule has 1 aromatic carbocycles. The Bertz CT molecular complexity index is 534. The van der Waals surface area contributed by atoms with Crippen LogP contribution < -0.4 is 10.5 Å². The van der Waals surface area contributed by atoms with E-state index in [0.29, 0.717) is 24.2 Å².